The van der Waals surface area contributed by atoms with E-state index in [0.29, 0.717) is 37.4 Å². The highest BCUT2D eigenvalue weighted by molar-refractivity contribution is 5.96. The number of carbonyl (C=O) groups is 1. The van der Waals surface area contributed by atoms with Gasteiger partial charge in [-0.25, -0.2) is 4.98 Å². The predicted octanol–water partition coefficient (Wildman–Crippen LogP) is 5.32. The van der Waals surface area contributed by atoms with Gasteiger partial charge in [0.15, 0.2) is 12.4 Å². The number of anilines is 3. The van der Waals surface area contributed by atoms with Gasteiger partial charge in [-0.05, 0) is 47.9 Å². The zero-order valence-electron chi connectivity index (χ0n) is 18.0. The highest BCUT2D eigenvalue weighted by Gasteiger charge is 2.28. The molecule has 0 unspecified atom stereocenters. The Labute approximate surface area is 189 Å². The highest BCUT2D eigenvalue weighted by atomic mass is 19.4. The average Bonchev–Trinajstić information content (AvgIpc) is 2.81. The maximum Gasteiger partial charge on any atom is 0.422 e. The molecule has 172 valence electrons. The molecule has 1 aromatic heterocycles. The third-order valence-corrected chi connectivity index (χ3v) is 5.32. The Kier molecular flexibility index (Phi) is 6.48. The van der Waals surface area contributed by atoms with Crippen molar-refractivity contribution in [1.82, 2.24) is 9.97 Å². The Morgan fingerprint density at radius 2 is 2.00 bits per heavy atom. The number of alkyl halides is 3. The van der Waals surface area contributed by atoms with E-state index >= 15 is 0 Å². The second-order valence-corrected chi connectivity index (χ2v) is 7.73. The lowest BCUT2D eigenvalue weighted by Crippen LogP contribution is -2.31. The van der Waals surface area contributed by atoms with Crippen LogP contribution in [0.4, 0.5) is 30.6 Å². The van der Waals surface area contributed by atoms with Gasteiger partial charge in [0.2, 0.25) is 5.95 Å². The van der Waals surface area contributed by atoms with Crippen LogP contribution in [-0.2, 0) is 13.0 Å². The third-order valence-electron chi connectivity index (χ3n) is 5.32. The van der Waals surface area contributed by atoms with E-state index in [1.54, 1.807) is 36.5 Å². The van der Waals surface area contributed by atoms with Crippen LogP contribution < -0.4 is 15.0 Å². The summed E-state index contributed by atoms with van der Waals surface area (Å²) in [6, 6.07) is 14.1. The standard InChI is InChI=1S/C24H23F3N4O2/c1-2-21(32)17-4-3-5-19(12-17)29-23-28-10-8-22(30-23)31-11-9-16-13-20(7-6-18(16)14-31)33-15-24(25,26)27/h3-8,10,12-13H,2,9,11,14-15H2,1H3,(H,28,29,30). The molecule has 1 aliphatic rings. The van der Waals surface area contributed by atoms with Gasteiger partial charge in [-0.15, -0.1) is 0 Å². The molecule has 0 aliphatic carbocycles. The molecule has 1 N–H and O–H groups in total. The fourth-order valence-corrected chi connectivity index (χ4v) is 3.67. The second kappa shape index (κ2) is 9.48. The first-order chi connectivity index (χ1) is 15.8. The van der Waals surface area contributed by atoms with Crippen LogP contribution in [0.5, 0.6) is 5.75 Å². The summed E-state index contributed by atoms with van der Waals surface area (Å²) in [7, 11) is 0. The van der Waals surface area contributed by atoms with Crippen LogP contribution in [-0.4, -0.2) is 35.1 Å². The molecule has 0 fully saturated rings. The van der Waals surface area contributed by atoms with Crippen molar-refractivity contribution in [2.75, 3.05) is 23.4 Å². The van der Waals surface area contributed by atoms with Gasteiger partial charge in [-0.3, -0.25) is 4.79 Å². The Morgan fingerprint density at radius 3 is 2.79 bits per heavy atom. The second-order valence-electron chi connectivity index (χ2n) is 7.73. The molecule has 33 heavy (non-hydrogen) atoms. The van der Waals surface area contributed by atoms with Crippen LogP contribution in [0.15, 0.2) is 54.7 Å². The molecule has 0 saturated heterocycles. The molecule has 6 nitrogen and oxygen atoms in total. The van der Waals surface area contributed by atoms with Crippen molar-refractivity contribution >= 4 is 23.2 Å². The number of benzene rings is 2. The summed E-state index contributed by atoms with van der Waals surface area (Å²) in [5.41, 5.74) is 3.34. The van der Waals surface area contributed by atoms with Crippen molar-refractivity contribution in [3.8, 4) is 5.75 Å². The van der Waals surface area contributed by atoms with E-state index in [0.717, 1.165) is 22.6 Å². The lowest BCUT2D eigenvalue weighted by molar-refractivity contribution is -0.153. The Morgan fingerprint density at radius 1 is 1.15 bits per heavy atom. The fraction of sp³-hybridized carbons (Fsp3) is 0.292. The molecule has 2 aromatic carbocycles. The zero-order valence-corrected chi connectivity index (χ0v) is 18.0. The number of hydrogen-bond acceptors (Lipinski definition) is 6. The normalized spacial score (nSPS) is 13.4. The van der Waals surface area contributed by atoms with Crippen LogP contribution >= 0.6 is 0 Å². The molecule has 0 bridgehead atoms. The lowest BCUT2D eigenvalue weighted by Gasteiger charge is -2.30. The summed E-state index contributed by atoms with van der Waals surface area (Å²) in [5.74, 6) is 1.43. The van der Waals surface area contributed by atoms with Crippen LogP contribution in [0.2, 0.25) is 0 Å². The molecule has 4 rings (SSSR count). The average molecular weight is 456 g/mol. The van der Waals surface area contributed by atoms with E-state index in [2.05, 4.69) is 20.2 Å². The topological polar surface area (TPSA) is 67.4 Å². The number of nitrogens with zero attached hydrogens (tertiary/aromatic N) is 3. The fourth-order valence-electron chi connectivity index (χ4n) is 3.67. The molecule has 0 spiro atoms. The number of halogens is 3. The van der Waals surface area contributed by atoms with Crippen molar-refractivity contribution in [3.63, 3.8) is 0 Å². The van der Waals surface area contributed by atoms with Gasteiger partial charge in [-0.1, -0.05) is 25.1 Å². The van der Waals surface area contributed by atoms with Gasteiger partial charge in [0, 0.05) is 37.0 Å². The number of hydrogen-bond donors (Lipinski definition) is 1. The molecule has 0 saturated carbocycles. The van der Waals surface area contributed by atoms with Crippen molar-refractivity contribution in [2.45, 2.75) is 32.5 Å². The molecular formula is C24H23F3N4O2. The molecule has 1 aliphatic heterocycles. The molecule has 0 atom stereocenters. The minimum atomic E-state index is -4.36. The molecule has 9 heteroatoms. The van der Waals surface area contributed by atoms with Gasteiger partial charge < -0.3 is 15.0 Å². The number of ether oxygens (including phenoxy) is 1. The van der Waals surface area contributed by atoms with E-state index in [-0.39, 0.29) is 11.5 Å². The maximum atomic E-state index is 12.4. The zero-order chi connectivity index (χ0) is 23.4. The van der Waals surface area contributed by atoms with Gasteiger partial charge >= 0.3 is 6.18 Å². The van der Waals surface area contributed by atoms with Crippen LogP contribution in [0.1, 0.15) is 34.8 Å². The Balaban J connectivity index is 1.45. The number of ketones is 1. The van der Waals surface area contributed by atoms with Gasteiger partial charge in [-0.2, -0.15) is 18.2 Å². The Hall–Kier alpha value is -3.62. The van der Waals surface area contributed by atoms with E-state index in [1.165, 1.54) is 0 Å². The van der Waals surface area contributed by atoms with Crippen molar-refractivity contribution in [1.29, 1.82) is 0 Å². The number of aromatic nitrogens is 2. The largest absolute Gasteiger partial charge is 0.484 e. The van der Waals surface area contributed by atoms with E-state index < -0.39 is 12.8 Å². The van der Waals surface area contributed by atoms with Crippen molar-refractivity contribution in [2.24, 2.45) is 0 Å². The minimum absolute atomic E-state index is 0.0623. The van der Waals surface area contributed by atoms with Crippen LogP contribution in [0.25, 0.3) is 0 Å². The summed E-state index contributed by atoms with van der Waals surface area (Å²) < 4.78 is 42.1. The summed E-state index contributed by atoms with van der Waals surface area (Å²) in [6.45, 7) is 1.75. The maximum absolute atomic E-state index is 12.4. The van der Waals surface area contributed by atoms with E-state index in [4.69, 9.17) is 4.74 Å². The summed E-state index contributed by atoms with van der Waals surface area (Å²) in [6.07, 6.45) is -1.61. The van der Waals surface area contributed by atoms with E-state index in [1.807, 2.05) is 25.1 Å². The molecule has 3 aromatic rings. The first-order valence-electron chi connectivity index (χ1n) is 10.6. The van der Waals surface area contributed by atoms with Crippen LogP contribution in [0, 0.1) is 0 Å². The van der Waals surface area contributed by atoms with Crippen molar-refractivity contribution in [3.05, 3.63) is 71.4 Å². The SMILES string of the molecule is CCC(=O)c1cccc(Nc2nccc(N3CCc4cc(OCC(F)(F)F)ccc4C3)n2)c1. The predicted molar refractivity (Wildman–Crippen MR) is 119 cm³/mol. The molecule has 0 radical (unpaired) electrons. The highest BCUT2D eigenvalue weighted by Crippen LogP contribution is 2.28. The minimum Gasteiger partial charge on any atom is -0.484 e. The Bertz CT molecular complexity index is 1150. The molecule has 0 amide bonds. The van der Waals surface area contributed by atoms with Gasteiger partial charge in [0.05, 0.1) is 0 Å². The summed E-state index contributed by atoms with van der Waals surface area (Å²) in [5, 5.41) is 3.15. The lowest BCUT2D eigenvalue weighted by atomic mass is 9.99. The van der Waals surface area contributed by atoms with E-state index in [9.17, 15) is 18.0 Å². The number of carbonyl (C=O) groups excluding carboxylic acids is 1. The van der Waals surface area contributed by atoms with Gasteiger partial charge in [0.1, 0.15) is 11.6 Å². The number of rotatable bonds is 7. The number of fused-ring (bicyclic) bond motifs is 1. The number of Topliss-reactive ketones (excluding diaryl/α,β-unsaturated/α-hetero) is 1. The van der Waals surface area contributed by atoms with Crippen LogP contribution in [0.3, 0.4) is 0 Å². The molecular weight excluding hydrogens is 433 g/mol. The smallest absolute Gasteiger partial charge is 0.422 e. The monoisotopic (exact) mass is 456 g/mol. The van der Waals surface area contributed by atoms with Gasteiger partial charge in [0.25, 0.3) is 0 Å². The number of nitrogens with one attached hydrogen (secondary N) is 1. The molecule has 2 heterocycles. The quantitative estimate of drug-likeness (QED) is 0.486. The third kappa shape index (κ3) is 5.79. The first-order valence-corrected chi connectivity index (χ1v) is 10.6. The summed E-state index contributed by atoms with van der Waals surface area (Å²) in [4.78, 5) is 22.9. The first kappa shape index (κ1) is 22.6. The summed E-state index contributed by atoms with van der Waals surface area (Å²) >= 11 is 0. The van der Waals surface area contributed by atoms with Crippen molar-refractivity contribution < 1.29 is 22.7 Å².